The number of hydroxylamine groups is 1. The van der Waals surface area contributed by atoms with E-state index in [0.717, 1.165) is 21.8 Å². The Morgan fingerprint density at radius 1 is 0.882 bits per heavy atom. The van der Waals surface area contributed by atoms with Crippen LogP contribution in [-0.4, -0.2) is 36.9 Å². The number of carbonyl (C=O) groups excluding carboxylic acids is 2. The Labute approximate surface area is 195 Å². The smallest absolute Gasteiger partial charge is 0.271 e. The van der Waals surface area contributed by atoms with Crippen LogP contribution in [0.15, 0.2) is 78.9 Å². The number of fused-ring (bicyclic) bond motifs is 1. The quantitative estimate of drug-likeness (QED) is 0.327. The standard InChI is InChI=1S/C25H22N4O5/c1-26(2)17-13-11-16(12-14-17)22-21-23(34-28(22)18-7-4-3-5-8-18)25(31)27(24(21)30)19-9-6-10-20(15-19)29(32)33/h3-15,21-23H,1-2H3/t21-,22+,23+/m0/s1. The molecule has 0 radical (unpaired) electrons. The van der Waals surface area contributed by atoms with E-state index in [0.29, 0.717) is 0 Å². The maximum Gasteiger partial charge on any atom is 0.271 e. The average Bonchev–Trinajstić information content (AvgIpc) is 3.35. The van der Waals surface area contributed by atoms with Crippen LogP contribution < -0.4 is 14.9 Å². The maximum atomic E-state index is 13.6. The van der Waals surface area contributed by atoms with Gasteiger partial charge in [0, 0.05) is 31.9 Å². The third-order valence-electron chi connectivity index (χ3n) is 6.18. The number of anilines is 3. The molecule has 0 saturated carbocycles. The van der Waals surface area contributed by atoms with E-state index in [1.807, 2.05) is 73.6 Å². The molecule has 2 heterocycles. The van der Waals surface area contributed by atoms with Gasteiger partial charge < -0.3 is 4.90 Å². The van der Waals surface area contributed by atoms with Gasteiger partial charge in [-0.3, -0.25) is 24.5 Å². The van der Waals surface area contributed by atoms with Crippen LogP contribution >= 0.6 is 0 Å². The van der Waals surface area contributed by atoms with E-state index in [9.17, 15) is 19.7 Å². The summed E-state index contributed by atoms with van der Waals surface area (Å²) in [6.45, 7) is 0. The summed E-state index contributed by atoms with van der Waals surface area (Å²) in [5, 5.41) is 12.8. The van der Waals surface area contributed by atoms with Crippen molar-refractivity contribution in [2.24, 2.45) is 5.92 Å². The van der Waals surface area contributed by atoms with Gasteiger partial charge in [-0.1, -0.05) is 36.4 Å². The van der Waals surface area contributed by atoms with E-state index < -0.39 is 34.8 Å². The SMILES string of the molecule is CN(C)c1ccc([C@@H]2[C@@H]3C(=O)N(c4cccc([N+](=O)[O-])c4)C(=O)[C@@H]3ON2c2ccccc2)cc1. The predicted molar refractivity (Wildman–Crippen MR) is 126 cm³/mol. The number of rotatable bonds is 5. The number of para-hydroxylation sites is 1. The van der Waals surface area contributed by atoms with E-state index in [1.54, 1.807) is 5.06 Å². The second-order valence-electron chi connectivity index (χ2n) is 8.43. The van der Waals surface area contributed by atoms with Gasteiger partial charge in [0.05, 0.1) is 22.3 Å². The number of non-ortho nitro benzene ring substituents is 1. The first-order valence-electron chi connectivity index (χ1n) is 10.8. The van der Waals surface area contributed by atoms with Crippen LogP contribution in [0.5, 0.6) is 0 Å². The van der Waals surface area contributed by atoms with Crippen LogP contribution in [0.4, 0.5) is 22.7 Å². The molecular weight excluding hydrogens is 436 g/mol. The number of hydrogen-bond donors (Lipinski definition) is 0. The lowest BCUT2D eigenvalue weighted by Crippen LogP contribution is -2.37. The van der Waals surface area contributed by atoms with Crippen molar-refractivity contribution in [1.82, 2.24) is 0 Å². The number of benzene rings is 3. The van der Waals surface area contributed by atoms with Gasteiger partial charge in [-0.15, -0.1) is 0 Å². The van der Waals surface area contributed by atoms with Crippen LogP contribution in [-0.2, 0) is 14.4 Å². The van der Waals surface area contributed by atoms with Gasteiger partial charge in [0.15, 0.2) is 6.10 Å². The maximum absolute atomic E-state index is 13.6. The summed E-state index contributed by atoms with van der Waals surface area (Å²) in [5.41, 5.74) is 2.51. The zero-order valence-corrected chi connectivity index (χ0v) is 18.6. The highest BCUT2D eigenvalue weighted by Crippen LogP contribution is 2.47. The molecule has 3 aromatic rings. The Balaban J connectivity index is 1.56. The highest BCUT2D eigenvalue weighted by atomic mass is 16.7. The van der Waals surface area contributed by atoms with E-state index in [1.165, 1.54) is 24.3 Å². The average molecular weight is 458 g/mol. The number of nitro groups is 1. The van der Waals surface area contributed by atoms with Gasteiger partial charge >= 0.3 is 0 Å². The van der Waals surface area contributed by atoms with Crippen LogP contribution in [0.25, 0.3) is 0 Å². The van der Waals surface area contributed by atoms with Crippen LogP contribution in [0, 0.1) is 16.0 Å². The van der Waals surface area contributed by atoms with Crippen molar-refractivity contribution >= 4 is 34.6 Å². The molecule has 9 nitrogen and oxygen atoms in total. The zero-order valence-electron chi connectivity index (χ0n) is 18.6. The molecule has 0 N–H and O–H groups in total. The number of nitro benzene ring substituents is 1. The number of imide groups is 1. The Hall–Kier alpha value is -4.24. The fraction of sp³-hybridized carbons (Fsp3) is 0.200. The third-order valence-corrected chi connectivity index (χ3v) is 6.18. The van der Waals surface area contributed by atoms with Crippen molar-refractivity contribution in [1.29, 1.82) is 0 Å². The van der Waals surface area contributed by atoms with Crippen molar-refractivity contribution in [3.63, 3.8) is 0 Å². The Morgan fingerprint density at radius 3 is 2.21 bits per heavy atom. The first-order valence-corrected chi connectivity index (χ1v) is 10.8. The summed E-state index contributed by atoms with van der Waals surface area (Å²) in [7, 11) is 3.88. The van der Waals surface area contributed by atoms with Crippen LogP contribution in [0.3, 0.4) is 0 Å². The van der Waals surface area contributed by atoms with Crippen molar-refractivity contribution < 1.29 is 19.3 Å². The molecule has 0 bridgehead atoms. The molecule has 9 heteroatoms. The molecule has 34 heavy (non-hydrogen) atoms. The normalized spacial score (nSPS) is 21.6. The van der Waals surface area contributed by atoms with Gasteiger partial charge in [-0.05, 0) is 35.9 Å². The third kappa shape index (κ3) is 3.46. The summed E-state index contributed by atoms with van der Waals surface area (Å²) in [4.78, 5) is 46.7. The lowest BCUT2D eigenvalue weighted by molar-refractivity contribution is -0.384. The van der Waals surface area contributed by atoms with E-state index >= 15 is 0 Å². The van der Waals surface area contributed by atoms with Crippen LogP contribution in [0.1, 0.15) is 11.6 Å². The molecule has 0 unspecified atom stereocenters. The zero-order chi connectivity index (χ0) is 24.0. The second kappa shape index (κ2) is 8.27. The monoisotopic (exact) mass is 458 g/mol. The molecule has 3 atom stereocenters. The summed E-state index contributed by atoms with van der Waals surface area (Å²) >= 11 is 0. The Morgan fingerprint density at radius 2 is 1.56 bits per heavy atom. The molecular formula is C25H22N4O5. The first kappa shape index (κ1) is 21.6. The predicted octanol–water partition coefficient (Wildman–Crippen LogP) is 3.71. The van der Waals surface area contributed by atoms with Gasteiger partial charge in [-0.25, -0.2) is 9.96 Å². The molecule has 0 spiro atoms. The molecule has 2 saturated heterocycles. The highest BCUT2D eigenvalue weighted by molar-refractivity contribution is 6.24. The Kier molecular flexibility index (Phi) is 5.25. The summed E-state index contributed by atoms with van der Waals surface area (Å²) < 4.78 is 0. The lowest BCUT2D eigenvalue weighted by atomic mass is 9.90. The van der Waals surface area contributed by atoms with Crippen molar-refractivity contribution in [2.75, 3.05) is 29.0 Å². The van der Waals surface area contributed by atoms with Crippen molar-refractivity contribution in [3.8, 4) is 0 Å². The first-order chi connectivity index (χ1) is 16.4. The van der Waals surface area contributed by atoms with Gasteiger partial charge in [0.25, 0.3) is 11.6 Å². The van der Waals surface area contributed by atoms with Gasteiger partial charge in [-0.2, -0.15) is 0 Å². The fourth-order valence-electron chi connectivity index (χ4n) is 4.52. The minimum Gasteiger partial charge on any atom is -0.378 e. The summed E-state index contributed by atoms with van der Waals surface area (Å²) in [5.74, 6) is -1.79. The number of amides is 2. The molecule has 3 aromatic carbocycles. The molecule has 2 aliphatic rings. The molecule has 2 aliphatic heterocycles. The van der Waals surface area contributed by atoms with Gasteiger partial charge in [0.2, 0.25) is 5.91 Å². The van der Waals surface area contributed by atoms with Crippen molar-refractivity contribution in [3.05, 3.63) is 94.5 Å². The van der Waals surface area contributed by atoms with E-state index in [-0.39, 0.29) is 11.4 Å². The molecule has 172 valence electrons. The van der Waals surface area contributed by atoms with E-state index in [2.05, 4.69) is 0 Å². The van der Waals surface area contributed by atoms with Crippen LogP contribution in [0.2, 0.25) is 0 Å². The molecule has 2 fully saturated rings. The highest BCUT2D eigenvalue weighted by Gasteiger charge is 2.60. The number of carbonyl (C=O) groups is 2. The van der Waals surface area contributed by atoms with Gasteiger partial charge in [0.1, 0.15) is 5.92 Å². The fourth-order valence-corrected chi connectivity index (χ4v) is 4.52. The largest absolute Gasteiger partial charge is 0.378 e. The minimum atomic E-state index is -1.04. The molecule has 2 amide bonds. The minimum absolute atomic E-state index is 0.162. The lowest BCUT2D eigenvalue weighted by Gasteiger charge is -2.29. The Bertz CT molecular complexity index is 1260. The van der Waals surface area contributed by atoms with Crippen molar-refractivity contribution in [2.45, 2.75) is 12.1 Å². The topological polar surface area (TPSA) is 96.2 Å². The molecule has 0 aromatic heterocycles. The number of nitrogens with zero attached hydrogens (tertiary/aromatic N) is 4. The summed E-state index contributed by atoms with van der Waals surface area (Å²) in [6.07, 6.45) is -1.04. The second-order valence-corrected chi connectivity index (χ2v) is 8.43. The summed E-state index contributed by atoms with van der Waals surface area (Å²) in [6, 6.07) is 22.0. The molecule has 0 aliphatic carbocycles. The molecule has 5 rings (SSSR count). The number of hydrogen-bond acceptors (Lipinski definition) is 7. The van der Waals surface area contributed by atoms with E-state index in [4.69, 9.17) is 4.84 Å².